The third kappa shape index (κ3) is 2.27. The zero-order chi connectivity index (χ0) is 13.2. The average molecular weight is 268 g/mol. The normalized spacial score (nSPS) is 16.7. The van der Waals surface area contributed by atoms with Gasteiger partial charge in [-0.05, 0) is 25.0 Å². The van der Waals surface area contributed by atoms with Gasteiger partial charge in [-0.3, -0.25) is 0 Å². The Kier molecular flexibility index (Phi) is 3.71. The van der Waals surface area contributed by atoms with Crippen molar-refractivity contribution in [2.75, 3.05) is 7.11 Å². The van der Waals surface area contributed by atoms with Crippen LogP contribution in [0.1, 0.15) is 36.0 Å². The summed E-state index contributed by atoms with van der Waals surface area (Å²) in [4.78, 5) is 11.7. The van der Waals surface area contributed by atoms with Gasteiger partial charge < -0.3 is 4.74 Å². The van der Waals surface area contributed by atoms with Gasteiger partial charge in [-0.15, -0.1) is 0 Å². The first kappa shape index (κ1) is 13.1. The quantitative estimate of drug-likeness (QED) is 0.788. The second-order valence-electron chi connectivity index (χ2n) is 4.44. The minimum Gasteiger partial charge on any atom is -0.465 e. The SMILES string of the molecule is COC(=O)c1ccccc1S(=O)(=O)C1CCCC1. The molecule has 1 aromatic rings. The molecular weight excluding hydrogens is 252 g/mol. The van der Waals surface area contributed by atoms with Crippen LogP contribution in [0.2, 0.25) is 0 Å². The lowest BCUT2D eigenvalue weighted by molar-refractivity contribution is 0.0596. The monoisotopic (exact) mass is 268 g/mol. The average Bonchev–Trinajstić information content (AvgIpc) is 2.92. The van der Waals surface area contributed by atoms with E-state index in [2.05, 4.69) is 4.74 Å². The van der Waals surface area contributed by atoms with Crippen LogP contribution in [0.4, 0.5) is 0 Å². The molecule has 0 bridgehead atoms. The second-order valence-corrected chi connectivity index (χ2v) is 6.64. The van der Waals surface area contributed by atoms with E-state index in [9.17, 15) is 13.2 Å². The van der Waals surface area contributed by atoms with Crippen molar-refractivity contribution in [3.05, 3.63) is 29.8 Å². The van der Waals surface area contributed by atoms with E-state index >= 15 is 0 Å². The summed E-state index contributed by atoms with van der Waals surface area (Å²) in [6, 6.07) is 6.25. The highest BCUT2D eigenvalue weighted by atomic mass is 32.2. The van der Waals surface area contributed by atoms with Crippen molar-refractivity contribution in [2.45, 2.75) is 35.8 Å². The number of sulfone groups is 1. The van der Waals surface area contributed by atoms with E-state index in [1.54, 1.807) is 12.1 Å². The van der Waals surface area contributed by atoms with E-state index in [0.717, 1.165) is 12.8 Å². The molecule has 2 rings (SSSR count). The van der Waals surface area contributed by atoms with E-state index < -0.39 is 15.8 Å². The lowest BCUT2D eigenvalue weighted by atomic mass is 10.2. The van der Waals surface area contributed by atoms with Crippen LogP contribution in [0.15, 0.2) is 29.2 Å². The largest absolute Gasteiger partial charge is 0.465 e. The summed E-state index contributed by atoms with van der Waals surface area (Å²) >= 11 is 0. The number of carbonyl (C=O) groups excluding carboxylic acids is 1. The number of hydrogen-bond donors (Lipinski definition) is 0. The van der Waals surface area contributed by atoms with Crippen LogP contribution < -0.4 is 0 Å². The standard InChI is InChI=1S/C13H16O4S/c1-17-13(14)11-8-4-5-9-12(11)18(15,16)10-6-2-3-7-10/h4-5,8-10H,2-3,6-7H2,1H3. The molecule has 0 heterocycles. The molecule has 1 saturated carbocycles. The van der Waals surface area contributed by atoms with E-state index in [-0.39, 0.29) is 15.7 Å². The molecule has 98 valence electrons. The Labute approximate surface area is 107 Å². The molecule has 1 aliphatic carbocycles. The molecule has 0 unspecified atom stereocenters. The summed E-state index contributed by atoms with van der Waals surface area (Å²) in [5.74, 6) is -0.604. The lowest BCUT2D eigenvalue weighted by Crippen LogP contribution is -2.20. The van der Waals surface area contributed by atoms with Gasteiger partial charge >= 0.3 is 5.97 Å². The molecular formula is C13H16O4S. The number of rotatable bonds is 3. The Morgan fingerprint density at radius 3 is 2.44 bits per heavy atom. The molecule has 1 aliphatic rings. The van der Waals surface area contributed by atoms with Crippen LogP contribution in [0.3, 0.4) is 0 Å². The van der Waals surface area contributed by atoms with Gasteiger partial charge in [0.1, 0.15) is 0 Å². The third-order valence-corrected chi connectivity index (χ3v) is 5.66. The fourth-order valence-electron chi connectivity index (χ4n) is 2.37. The van der Waals surface area contributed by atoms with Crippen molar-refractivity contribution < 1.29 is 17.9 Å². The highest BCUT2D eigenvalue weighted by Gasteiger charge is 2.33. The van der Waals surface area contributed by atoms with Gasteiger partial charge in [0.2, 0.25) is 0 Å². The van der Waals surface area contributed by atoms with Gasteiger partial charge in [0.05, 0.1) is 22.8 Å². The lowest BCUT2D eigenvalue weighted by Gasteiger charge is -2.13. The zero-order valence-corrected chi connectivity index (χ0v) is 11.1. The fraction of sp³-hybridized carbons (Fsp3) is 0.462. The molecule has 0 spiro atoms. The Balaban J connectivity index is 2.47. The molecule has 0 saturated heterocycles. The van der Waals surface area contributed by atoms with Crippen molar-refractivity contribution in [1.29, 1.82) is 0 Å². The van der Waals surface area contributed by atoms with Gasteiger partial charge in [-0.1, -0.05) is 25.0 Å². The predicted molar refractivity (Wildman–Crippen MR) is 67.2 cm³/mol. The first-order valence-corrected chi connectivity index (χ1v) is 7.53. The molecule has 18 heavy (non-hydrogen) atoms. The predicted octanol–water partition coefficient (Wildman–Crippen LogP) is 2.19. The number of ether oxygens (including phenoxy) is 1. The molecule has 0 radical (unpaired) electrons. The van der Waals surface area contributed by atoms with Gasteiger partial charge in [0.15, 0.2) is 9.84 Å². The Morgan fingerprint density at radius 2 is 1.83 bits per heavy atom. The van der Waals surface area contributed by atoms with Crippen LogP contribution in [0.25, 0.3) is 0 Å². The number of carbonyl (C=O) groups is 1. The Hall–Kier alpha value is -1.36. The number of benzene rings is 1. The molecule has 0 N–H and O–H groups in total. The molecule has 4 nitrogen and oxygen atoms in total. The third-order valence-electron chi connectivity index (χ3n) is 3.34. The maximum Gasteiger partial charge on any atom is 0.339 e. The van der Waals surface area contributed by atoms with Gasteiger partial charge in [-0.25, -0.2) is 13.2 Å². The zero-order valence-electron chi connectivity index (χ0n) is 10.3. The van der Waals surface area contributed by atoms with E-state index in [1.807, 2.05) is 0 Å². The maximum atomic E-state index is 12.5. The highest BCUT2D eigenvalue weighted by molar-refractivity contribution is 7.92. The van der Waals surface area contributed by atoms with Crippen LogP contribution in [0, 0.1) is 0 Å². The molecule has 5 heteroatoms. The van der Waals surface area contributed by atoms with Gasteiger partial charge in [0.25, 0.3) is 0 Å². The fourth-order valence-corrected chi connectivity index (χ4v) is 4.41. The number of methoxy groups -OCH3 is 1. The van der Waals surface area contributed by atoms with Crippen molar-refractivity contribution in [3.63, 3.8) is 0 Å². The van der Waals surface area contributed by atoms with Crippen molar-refractivity contribution in [1.82, 2.24) is 0 Å². The van der Waals surface area contributed by atoms with E-state index in [1.165, 1.54) is 19.2 Å². The number of hydrogen-bond acceptors (Lipinski definition) is 4. The summed E-state index contributed by atoms with van der Waals surface area (Å²) < 4.78 is 29.6. The maximum absolute atomic E-state index is 12.5. The minimum atomic E-state index is -3.43. The molecule has 0 amide bonds. The molecule has 0 atom stereocenters. The first-order valence-electron chi connectivity index (χ1n) is 5.98. The summed E-state index contributed by atoms with van der Waals surface area (Å²) in [7, 11) is -2.17. The molecule has 1 fully saturated rings. The van der Waals surface area contributed by atoms with Gasteiger partial charge in [-0.2, -0.15) is 0 Å². The Bertz CT molecular complexity index is 542. The van der Waals surface area contributed by atoms with Crippen LogP contribution in [0.5, 0.6) is 0 Å². The molecule has 0 aliphatic heterocycles. The van der Waals surface area contributed by atoms with Crippen LogP contribution in [-0.2, 0) is 14.6 Å². The van der Waals surface area contributed by atoms with Crippen molar-refractivity contribution in [3.8, 4) is 0 Å². The summed E-state index contributed by atoms with van der Waals surface area (Å²) in [5, 5.41) is -0.358. The topological polar surface area (TPSA) is 60.4 Å². The molecule has 1 aromatic carbocycles. The minimum absolute atomic E-state index is 0.101. The summed E-state index contributed by atoms with van der Waals surface area (Å²) in [6.45, 7) is 0. The van der Waals surface area contributed by atoms with E-state index in [4.69, 9.17) is 0 Å². The summed E-state index contributed by atoms with van der Waals surface area (Å²) in [6.07, 6.45) is 3.23. The van der Waals surface area contributed by atoms with Crippen LogP contribution in [-0.4, -0.2) is 26.7 Å². The molecule has 0 aromatic heterocycles. The van der Waals surface area contributed by atoms with Crippen molar-refractivity contribution in [2.24, 2.45) is 0 Å². The van der Waals surface area contributed by atoms with Crippen molar-refractivity contribution >= 4 is 15.8 Å². The van der Waals surface area contributed by atoms with Gasteiger partial charge in [0, 0.05) is 0 Å². The Morgan fingerprint density at radius 1 is 1.22 bits per heavy atom. The second kappa shape index (κ2) is 5.10. The van der Waals surface area contributed by atoms with E-state index in [0.29, 0.717) is 12.8 Å². The summed E-state index contributed by atoms with van der Waals surface area (Å²) in [5.41, 5.74) is 0.131. The first-order chi connectivity index (χ1) is 8.57. The smallest absolute Gasteiger partial charge is 0.339 e. The highest BCUT2D eigenvalue weighted by Crippen LogP contribution is 2.31. The van der Waals surface area contributed by atoms with Crippen LogP contribution >= 0.6 is 0 Å². The number of esters is 1.